The SMILES string of the molecule is COc1ccc([C@@H]2[C@@H]3CN(C(=O)CCC4CCCC4)C[C@@H]3CN2C)cc1.Cl. The largest absolute Gasteiger partial charge is 0.497 e. The van der Waals surface area contributed by atoms with Crippen LogP contribution in [-0.2, 0) is 4.79 Å². The van der Waals surface area contributed by atoms with Crippen LogP contribution >= 0.6 is 12.4 Å². The van der Waals surface area contributed by atoms with Crippen molar-refractivity contribution in [2.75, 3.05) is 33.8 Å². The molecular formula is C22H33ClN2O2. The van der Waals surface area contributed by atoms with Gasteiger partial charge in [0.25, 0.3) is 0 Å². The molecule has 3 atom stereocenters. The van der Waals surface area contributed by atoms with Crippen LogP contribution in [-0.4, -0.2) is 49.5 Å². The van der Waals surface area contributed by atoms with Crippen LogP contribution in [0.5, 0.6) is 5.75 Å². The lowest BCUT2D eigenvalue weighted by Gasteiger charge is -2.27. The Morgan fingerprint density at radius 1 is 1.11 bits per heavy atom. The maximum Gasteiger partial charge on any atom is 0.222 e. The second-order valence-corrected chi connectivity index (χ2v) is 8.57. The molecule has 5 heteroatoms. The van der Waals surface area contributed by atoms with Gasteiger partial charge >= 0.3 is 0 Å². The number of likely N-dealkylation sites (tertiary alicyclic amines) is 2. The minimum absolute atomic E-state index is 0. The number of hydrogen-bond acceptors (Lipinski definition) is 3. The van der Waals surface area contributed by atoms with Crippen LogP contribution < -0.4 is 4.74 Å². The average Bonchev–Trinajstić information content (AvgIpc) is 3.36. The van der Waals surface area contributed by atoms with E-state index in [1.165, 1.54) is 31.2 Å². The maximum absolute atomic E-state index is 12.7. The highest BCUT2D eigenvalue weighted by molar-refractivity contribution is 5.85. The van der Waals surface area contributed by atoms with E-state index in [1.54, 1.807) is 7.11 Å². The second-order valence-electron chi connectivity index (χ2n) is 8.57. The summed E-state index contributed by atoms with van der Waals surface area (Å²) in [5, 5.41) is 0. The molecule has 3 fully saturated rings. The summed E-state index contributed by atoms with van der Waals surface area (Å²) in [6.45, 7) is 2.97. The van der Waals surface area contributed by atoms with Gasteiger partial charge in [-0.05, 0) is 43.0 Å². The van der Waals surface area contributed by atoms with Crippen molar-refractivity contribution in [1.82, 2.24) is 9.80 Å². The average molecular weight is 393 g/mol. The molecule has 2 heterocycles. The zero-order chi connectivity index (χ0) is 18.1. The molecule has 4 nitrogen and oxygen atoms in total. The zero-order valence-electron chi connectivity index (χ0n) is 16.6. The predicted molar refractivity (Wildman–Crippen MR) is 110 cm³/mol. The first kappa shape index (κ1) is 20.5. The van der Waals surface area contributed by atoms with Gasteiger partial charge < -0.3 is 9.64 Å². The Morgan fingerprint density at radius 2 is 1.81 bits per heavy atom. The topological polar surface area (TPSA) is 32.8 Å². The number of hydrogen-bond donors (Lipinski definition) is 0. The van der Waals surface area contributed by atoms with Crippen LogP contribution in [0.4, 0.5) is 0 Å². The van der Waals surface area contributed by atoms with Crippen molar-refractivity contribution < 1.29 is 9.53 Å². The molecule has 1 aromatic carbocycles. The molecule has 1 aromatic rings. The molecular weight excluding hydrogens is 360 g/mol. The zero-order valence-corrected chi connectivity index (χ0v) is 17.4. The van der Waals surface area contributed by atoms with Crippen molar-refractivity contribution in [2.45, 2.75) is 44.6 Å². The van der Waals surface area contributed by atoms with Gasteiger partial charge in [0.05, 0.1) is 7.11 Å². The Labute approximate surface area is 169 Å². The highest BCUT2D eigenvalue weighted by atomic mass is 35.5. The molecule has 0 unspecified atom stereocenters. The lowest BCUT2D eigenvalue weighted by atomic mass is 9.89. The van der Waals surface area contributed by atoms with Gasteiger partial charge in [0.15, 0.2) is 0 Å². The van der Waals surface area contributed by atoms with E-state index in [1.807, 2.05) is 0 Å². The Bertz CT molecular complexity index is 630. The summed E-state index contributed by atoms with van der Waals surface area (Å²) < 4.78 is 5.30. The van der Waals surface area contributed by atoms with E-state index in [0.29, 0.717) is 23.8 Å². The van der Waals surface area contributed by atoms with E-state index >= 15 is 0 Å². The van der Waals surface area contributed by atoms with Gasteiger partial charge in [-0.1, -0.05) is 37.8 Å². The van der Waals surface area contributed by atoms with Crippen LogP contribution in [0.1, 0.15) is 50.1 Å². The van der Waals surface area contributed by atoms with E-state index in [-0.39, 0.29) is 12.4 Å². The molecule has 0 aromatic heterocycles. The first-order valence-electron chi connectivity index (χ1n) is 10.3. The first-order chi connectivity index (χ1) is 12.7. The smallest absolute Gasteiger partial charge is 0.222 e. The van der Waals surface area contributed by atoms with Gasteiger partial charge in [0.1, 0.15) is 5.75 Å². The molecule has 27 heavy (non-hydrogen) atoms. The summed E-state index contributed by atoms with van der Waals surface area (Å²) in [5.74, 6) is 3.27. The molecule has 2 aliphatic heterocycles. The summed E-state index contributed by atoms with van der Waals surface area (Å²) in [6.07, 6.45) is 7.26. The number of halogens is 1. The Kier molecular flexibility index (Phi) is 6.69. The molecule has 0 radical (unpaired) electrons. The maximum atomic E-state index is 12.7. The van der Waals surface area contributed by atoms with Gasteiger partial charge in [-0.3, -0.25) is 9.69 Å². The van der Waals surface area contributed by atoms with Crippen LogP contribution in [0.2, 0.25) is 0 Å². The Morgan fingerprint density at radius 3 is 2.48 bits per heavy atom. The lowest BCUT2D eigenvalue weighted by Crippen LogP contribution is -2.33. The fourth-order valence-corrected chi connectivity index (χ4v) is 5.55. The van der Waals surface area contributed by atoms with Gasteiger partial charge in [-0.15, -0.1) is 12.4 Å². The van der Waals surface area contributed by atoms with Crippen molar-refractivity contribution >= 4 is 18.3 Å². The van der Waals surface area contributed by atoms with Gasteiger partial charge in [-0.25, -0.2) is 0 Å². The van der Waals surface area contributed by atoms with Gasteiger partial charge in [0, 0.05) is 38.0 Å². The van der Waals surface area contributed by atoms with Crippen LogP contribution in [0, 0.1) is 17.8 Å². The van der Waals surface area contributed by atoms with E-state index in [0.717, 1.165) is 44.1 Å². The van der Waals surface area contributed by atoms with Crippen molar-refractivity contribution in [3.05, 3.63) is 29.8 Å². The fraction of sp³-hybridized carbons (Fsp3) is 0.682. The second kappa shape index (κ2) is 8.83. The number of amides is 1. The summed E-state index contributed by atoms with van der Waals surface area (Å²) in [7, 11) is 3.93. The molecule has 0 spiro atoms. The number of nitrogens with zero attached hydrogens (tertiary/aromatic N) is 2. The highest BCUT2D eigenvalue weighted by Gasteiger charge is 2.47. The number of fused-ring (bicyclic) bond motifs is 1. The van der Waals surface area contributed by atoms with E-state index in [2.05, 4.69) is 41.1 Å². The van der Waals surface area contributed by atoms with Crippen LogP contribution in [0.25, 0.3) is 0 Å². The molecule has 1 saturated carbocycles. The third-order valence-corrected chi connectivity index (χ3v) is 6.95. The fourth-order valence-electron chi connectivity index (χ4n) is 5.55. The minimum Gasteiger partial charge on any atom is -0.497 e. The molecule has 0 bridgehead atoms. The van der Waals surface area contributed by atoms with Crippen molar-refractivity contribution in [1.29, 1.82) is 0 Å². The van der Waals surface area contributed by atoms with Gasteiger partial charge in [-0.2, -0.15) is 0 Å². The summed E-state index contributed by atoms with van der Waals surface area (Å²) >= 11 is 0. The lowest BCUT2D eigenvalue weighted by molar-refractivity contribution is -0.130. The van der Waals surface area contributed by atoms with Crippen molar-refractivity contribution in [3.8, 4) is 5.75 Å². The predicted octanol–water partition coefficient (Wildman–Crippen LogP) is 4.15. The summed E-state index contributed by atoms with van der Waals surface area (Å²) in [4.78, 5) is 17.4. The first-order valence-corrected chi connectivity index (χ1v) is 10.3. The highest BCUT2D eigenvalue weighted by Crippen LogP contribution is 2.44. The minimum atomic E-state index is 0. The molecule has 2 saturated heterocycles. The number of benzene rings is 1. The molecule has 1 aliphatic carbocycles. The number of carbonyl (C=O) groups is 1. The molecule has 4 rings (SSSR count). The van der Waals surface area contributed by atoms with E-state index in [9.17, 15) is 4.79 Å². The third-order valence-electron chi connectivity index (χ3n) is 6.95. The normalized spacial score (nSPS) is 28.2. The standard InChI is InChI=1S/C22H32N2O2.ClH/c1-23-13-18-14-24(21(25)12-7-16-5-3-4-6-16)15-20(18)22(23)17-8-10-19(26-2)11-9-17;/h8-11,16,18,20,22H,3-7,12-15H2,1-2H3;1H/t18-,20+,22+;/m0./s1. The number of methoxy groups -OCH3 is 1. The van der Waals surface area contributed by atoms with E-state index in [4.69, 9.17) is 4.74 Å². The summed E-state index contributed by atoms with van der Waals surface area (Å²) in [6, 6.07) is 8.89. The number of carbonyl (C=O) groups excluding carboxylic acids is 1. The quantitative estimate of drug-likeness (QED) is 0.754. The van der Waals surface area contributed by atoms with E-state index < -0.39 is 0 Å². The molecule has 0 N–H and O–H groups in total. The Balaban J connectivity index is 0.00000210. The molecule has 1 amide bonds. The van der Waals surface area contributed by atoms with Gasteiger partial charge in [0.2, 0.25) is 5.91 Å². The molecule has 150 valence electrons. The third kappa shape index (κ3) is 4.27. The van der Waals surface area contributed by atoms with Crippen LogP contribution in [0.15, 0.2) is 24.3 Å². The Hall–Kier alpha value is -1.26. The monoisotopic (exact) mass is 392 g/mol. The summed E-state index contributed by atoms with van der Waals surface area (Å²) in [5.41, 5.74) is 1.35. The number of rotatable bonds is 5. The number of ether oxygens (including phenoxy) is 1. The van der Waals surface area contributed by atoms with Crippen LogP contribution in [0.3, 0.4) is 0 Å². The van der Waals surface area contributed by atoms with Crippen molar-refractivity contribution in [3.63, 3.8) is 0 Å². The van der Waals surface area contributed by atoms with Crippen molar-refractivity contribution in [2.24, 2.45) is 17.8 Å². The molecule has 3 aliphatic rings.